The van der Waals surface area contributed by atoms with Gasteiger partial charge in [0.15, 0.2) is 0 Å². The second kappa shape index (κ2) is 4.77. The third kappa shape index (κ3) is 4.43. The fourth-order valence-corrected chi connectivity index (χ4v) is 0.572. The number of methoxy groups -OCH3 is 1. The maximum absolute atomic E-state index is 9.18. The molecule has 1 atom stereocenters. The molecule has 0 aromatic heterocycles. The lowest BCUT2D eigenvalue weighted by molar-refractivity contribution is 0.0784. The molecule has 0 aliphatic heterocycles. The molecule has 0 aromatic rings. The molecule has 0 aliphatic rings. The van der Waals surface area contributed by atoms with Crippen LogP contribution in [-0.2, 0) is 4.74 Å². The SMILES string of the molecule is COCCC(O)C(C)C. The van der Waals surface area contributed by atoms with E-state index in [0.717, 1.165) is 6.42 Å². The average molecular weight is 132 g/mol. The van der Waals surface area contributed by atoms with Gasteiger partial charge < -0.3 is 9.84 Å². The predicted octanol–water partition coefficient (Wildman–Crippen LogP) is 1.04. The topological polar surface area (TPSA) is 29.5 Å². The Balaban J connectivity index is 3.16. The minimum atomic E-state index is -0.204. The standard InChI is InChI=1S/C7H16O2/c1-6(2)7(8)4-5-9-3/h6-8H,4-5H2,1-3H3. The summed E-state index contributed by atoms with van der Waals surface area (Å²) in [6.07, 6.45) is 0.540. The Labute approximate surface area is 56.8 Å². The third-order valence-electron chi connectivity index (χ3n) is 1.39. The molecule has 9 heavy (non-hydrogen) atoms. The van der Waals surface area contributed by atoms with Gasteiger partial charge in [-0.25, -0.2) is 0 Å². The van der Waals surface area contributed by atoms with Crippen LogP contribution in [0.2, 0.25) is 0 Å². The highest BCUT2D eigenvalue weighted by atomic mass is 16.5. The number of ether oxygens (including phenoxy) is 1. The lowest BCUT2D eigenvalue weighted by atomic mass is 10.1. The van der Waals surface area contributed by atoms with E-state index in [-0.39, 0.29) is 6.10 Å². The van der Waals surface area contributed by atoms with Gasteiger partial charge in [0.25, 0.3) is 0 Å². The van der Waals surface area contributed by atoms with Gasteiger partial charge in [-0.1, -0.05) is 13.8 Å². The lowest BCUT2D eigenvalue weighted by Gasteiger charge is -2.12. The molecule has 1 unspecified atom stereocenters. The molecule has 0 spiro atoms. The summed E-state index contributed by atoms with van der Waals surface area (Å²) in [7, 11) is 1.65. The molecule has 0 heterocycles. The number of aliphatic hydroxyl groups is 1. The Morgan fingerprint density at radius 3 is 2.33 bits per heavy atom. The van der Waals surface area contributed by atoms with Crippen molar-refractivity contribution in [3.63, 3.8) is 0 Å². The van der Waals surface area contributed by atoms with E-state index in [1.54, 1.807) is 7.11 Å². The molecule has 0 amide bonds. The van der Waals surface area contributed by atoms with Gasteiger partial charge in [-0.15, -0.1) is 0 Å². The highest BCUT2D eigenvalue weighted by Gasteiger charge is 2.06. The van der Waals surface area contributed by atoms with Crippen LogP contribution < -0.4 is 0 Å². The van der Waals surface area contributed by atoms with Crippen molar-refractivity contribution in [2.24, 2.45) is 5.92 Å². The lowest BCUT2D eigenvalue weighted by Crippen LogP contribution is -2.16. The summed E-state index contributed by atoms with van der Waals surface area (Å²) in [5.41, 5.74) is 0. The van der Waals surface area contributed by atoms with Gasteiger partial charge in [-0.3, -0.25) is 0 Å². The van der Waals surface area contributed by atoms with Crippen LogP contribution in [0.1, 0.15) is 20.3 Å². The maximum Gasteiger partial charge on any atom is 0.0585 e. The normalized spacial score (nSPS) is 14.3. The highest BCUT2D eigenvalue weighted by Crippen LogP contribution is 2.04. The Morgan fingerprint density at radius 1 is 1.44 bits per heavy atom. The second-order valence-corrected chi connectivity index (χ2v) is 2.59. The zero-order valence-corrected chi connectivity index (χ0v) is 6.42. The molecule has 1 N–H and O–H groups in total. The first-order chi connectivity index (χ1) is 4.18. The summed E-state index contributed by atoms with van der Waals surface area (Å²) in [5.74, 6) is 0.347. The first-order valence-corrected chi connectivity index (χ1v) is 3.35. The zero-order chi connectivity index (χ0) is 7.28. The van der Waals surface area contributed by atoms with Crippen LogP contribution in [0.5, 0.6) is 0 Å². The monoisotopic (exact) mass is 132 g/mol. The molecule has 0 aromatic carbocycles. The van der Waals surface area contributed by atoms with Crippen LogP contribution in [0.25, 0.3) is 0 Å². The quantitative estimate of drug-likeness (QED) is 0.619. The first-order valence-electron chi connectivity index (χ1n) is 3.35. The summed E-state index contributed by atoms with van der Waals surface area (Å²) in [5, 5.41) is 9.18. The second-order valence-electron chi connectivity index (χ2n) is 2.59. The first kappa shape index (κ1) is 8.92. The minimum absolute atomic E-state index is 0.204. The fraction of sp³-hybridized carbons (Fsp3) is 1.00. The number of hydrogen-bond acceptors (Lipinski definition) is 2. The molecule has 2 heteroatoms. The van der Waals surface area contributed by atoms with E-state index in [9.17, 15) is 5.11 Å². The Kier molecular flexibility index (Phi) is 4.72. The van der Waals surface area contributed by atoms with E-state index in [0.29, 0.717) is 12.5 Å². The fourth-order valence-electron chi connectivity index (χ4n) is 0.572. The van der Waals surface area contributed by atoms with Crippen LogP contribution >= 0.6 is 0 Å². The minimum Gasteiger partial charge on any atom is -0.393 e. The summed E-state index contributed by atoms with van der Waals surface area (Å²) in [6, 6.07) is 0. The average Bonchev–Trinajstić information content (AvgIpc) is 1.82. The Hall–Kier alpha value is -0.0800. The van der Waals surface area contributed by atoms with Crippen molar-refractivity contribution in [2.75, 3.05) is 13.7 Å². The maximum atomic E-state index is 9.18. The van der Waals surface area contributed by atoms with E-state index < -0.39 is 0 Å². The number of hydrogen-bond donors (Lipinski definition) is 1. The largest absolute Gasteiger partial charge is 0.393 e. The van der Waals surface area contributed by atoms with E-state index in [4.69, 9.17) is 4.74 Å². The van der Waals surface area contributed by atoms with E-state index >= 15 is 0 Å². The van der Waals surface area contributed by atoms with Crippen LogP contribution in [-0.4, -0.2) is 24.9 Å². The molecule has 0 fully saturated rings. The highest BCUT2D eigenvalue weighted by molar-refractivity contribution is 4.57. The van der Waals surface area contributed by atoms with Gasteiger partial charge >= 0.3 is 0 Å². The van der Waals surface area contributed by atoms with Crippen LogP contribution in [0, 0.1) is 5.92 Å². The van der Waals surface area contributed by atoms with E-state index in [1.165, 1.54) is 0 Å². The van der Waals surface area contributed by atoms with Crippen LogP contribution in [0.15, 0.2) is 0 Å². The molecule has 0 saturated heterocycles. The van der Waals surface area contributed by atoms with Gasteiger partial charge in [0.1, 0.15) is 0 Å². The molecule has 0 rings (SSSR count). The summed E-state index contributed by atoms with van der Waals surface area (Å²) < 4.78 is 4.80. The van der Waals surface area contributed by atoms with Crippen molar-refractivity contribution in [3.05, 3.63) is 0 Å². The summed E-state index contributed by atoms with van der Waals surface area (Å²) in [6.45, 7) is 4.65. The van der Waals surface area contributed by atoms with Gasteiger partial charge in [0.05, 0.1) is 6.10 Å². The number of aliphatic hydroxyl groups excluding tert-OH is 1. The van der Waals surface area contributed by atoms with Crippen LogP contribution in [0.4, 0.5) is 0 Å². The Morgan fingerprint density at radius 2 is 2.00 bits per heavy atom. The van der Waals surface area contributed by atoms with Gasteiger partial charge in [0.2, 0.25) is 0 Å². The van der Waals surface area contributed by atoms with Crippen molar-refractivity contribution in [2.45, 2.75) is 26.4 Å². The Bertz CT molecular complexity index is 61.9. The van der Waals surface area contributed by atoms with E-state index in [2.05, 4.69) is 0 Å². The van der Waals surface area contributed by atoms with Crippen LogP contribution in [0.3, 0.4) is 0 Å². The van der Waals surface area contributed by atoms with Crippen molar-refractivity contribution in [3.8, 4) is 0 Å². The van der Waals surface area contributed by atoms with Crippen molar-refractivity contribution in [1.82, 2.24) is 0 Å². The van der Waals surface area contributed by atoms with Crippen molar-refractivity contribution in [1.29, 1.82) is 0 Å². The third-order valence-corrected chi connectivity index (χ3v) is 1.39. The van der Waals surface area contributed by atoms with Gasteiger partial charge in [-0.2, -0.15) is 0 Å². The molecule has 56 valence electrons. The van der Waals surface area contributed by atoms with Gasteiger partial charge in [-0.05, 0) is 12.3 Å². The predicted molar refractivity (Wildman–Crippen MR) is 37.3 cm³/mol. The zero-order valence-electron chi connectivity index (χ0n) is 6.42. The molecule has 0 aliphatic carbocycles. The molecular weight excluding hydrogens is 116 g/mol. The smallest absolute Gasteiger partial charge is 0.0585 e. The molecule has 0 saturated carbocycles. The van der Waals surface area contributed by atoms with Crippen molar-refractivity contribution < 1.29 is 9.84 Å². The molecular formula is C7H16O2. The molecule has 0 radical (unpaired) electrons. The van der Waals surface area contributed by atoms with Gasteiger partial charge in [0, 0.05) is 13.7 Å². The summed E-state index contributed by atoms with van der Waals surface area (Å²) in [4.78, 5) is 0. The molecule has 2 nitrogen and oxygen atoms in total. The van der Waals surface area contributed by atoms with E-state index in [1.807, 2.05) is 13.8 Å². The van der Waals surface area contributed by atoms with Crippen molar-refractivity contribution >= 4 is 0 Å². The molecule has 0 bridgehead atoms. The summed E-state index contributed by atoms with van der Waals surface area (Å²) >= 11 is 0. The number of rotatable bonds is 4.